The lowest BCUT2D eigenvalue weighted by atomic mass is 10.1. The van der Waals surface area contributed by atoms with Crippen molar-refractivity contribution in [2.24, 2.45) is 0 Å². The van der Waals surface area contributed by atoms with E-state index in [4.69, 9.17) is 29.2 Å². The summed E-state index contributed by atoms with van der Waals surface area (Å²) in [7, 11) is 0. The Bertz CT molecular complexity index is 2230. The molecular weight excluding hydrogens is 857 g/mol. The van der Waals surface area contributed by atoms with Crippen molar-refractivity contribution in [2.45, 2.75) is 53.7 Å². The van der Waals surface area contributed by atoms with Gasteiger partial charge in [-0.3, -0.25) is 9.80 Å². The van der Waals surface area contributed by atoms with Gasteiger partial charge in [0, 0.05) is 24.9 Å². The first-order chi connectivity index (χ1) is 31.8. The molecule has 6 aromatic rings. The lowest BCUT2D eigenvalue weighted by molar-refractivity contribution is 0.204. The van der Waals surface area contributed by atoms with Crippen LogP contribution in [0.15, 0.2) is 161 Å². The number of phenolic OH excluding ortho intramolecular Hbond substituents is 4. The van der Waals surface area contributed by atoms with Gasteiger partial charge in [-0.25, -0.2) is 0 Å². The number of para-hydroxylation sites is 3. The van der Waals surface area contributed by atoms with Gasteiger partial charge < -0.3 is 39.4 Å². The summed E-state index contributed by atoms with van der Waals surface area (Å²) >= 11 is 3.38. The van der Waals surface area contributed by atoms with Gasteiger partial charge in [-0.15, -0.1) is 23.5 Å². The van der Waals surface area contributed by atoms with Crippen LogP contribution in [-0.4, -0.2) is 101 Å². The second-order valence-corrected chi connectivity index (χ2v) is 18.1. The van der Waals surface area contributed by atoms with E-state index in [1.54, 1.807) is 96.3 Å². The summed E-state index contributed by atoms with van der Waals surface area (Å²) < 4.78 is 22.3. The van der Waals surface area contributed by atoms with E-state index < -0.39 is 0 Å². The first-order valence-corrected chi connectivity index (χ1v) is 24.2. The maximum Gasteiger partial charge on any atom is 0.133 e. The van der Waals surface area contributed by atoms with Gasteiger partial charge in [-0.1, -0.05) is 66.7 Å². The van der Waals surface area contributed by atoms with E-state index in [9.17, 15) is 10.2 Å². The first kappa shape index (κ1) is 48.8. The zero-order chi connectivity index (χ0) is 45.5. The normalized spacial score (nSPS) is 17.2. The number of aromatic hydroxyl groups is 4. The molecule has 2 fully saturated rings. The van der Waals surface area contributed by atoms with Crippen molar-refractivity contribution in [3.8, 4) is 46.0 Å². The van der Waals surface area contributed by atoms with E-state index >= 15 is 0 Å². The van der Waals surface area contributed by atoms with Crippen molar-refractivity contribution >= 4 is 23.5 Å². The summed E-state index contributed by atoms with van der Waals surface area (Å²) in [5.74, 6) is 5.76. The Morgan fingerprint density at radius 2 is 1.11 bits per heavy atom. The van der Waals surface area contributed by atoms with E-state index in [1.165, 1.54) is 45.3 Å². The average Bonchev–Trinajstić information content (AvgIpc) is 4.02. The Kier molecular flexibility index (Phi) is 20.2. The van der Waals surface area contributed by atoms with Crippen molar-refractivity contribution < 1.29 is 39.4 Å². The van der Waals surface area contributed by atoms with E-state index in [2.05, 4.69) is 16.7 Å². The summed E-state index contributed by atoms with van der Waals surface area (Å²) in [4.78, 5) is 6.95. The third-order valence-corrected chi connectivity index (χ3v) is 13.1. The lowest BCUT2D eigenvalue weighted by Crippen LogP contribution is -2.31. The maximum absolute atomic E-state index is 9.48. The van der Waals surface area contributed by atoms with Gasteiger partial charge in [0.05, 0.1) is 21.6 Å². The molecule has 0 radical (unpaired) electrons. The molecule has 4 aliphatic rings. The third kappa shape index (κ3) is 17.3. The number of nitrogens with zero attached hydrogens (tertiary/aromatic N) is 2. The number of rotatable bonds is 9. The molecule has 6 aromatic carbocycles. The second-order valence-electron chi connectivity index (χ2n) is 15.7. The largest absolute Gasteiger partial charge is 0.508 e. The Morgan fingerprint density at radius 1 is 0.569 bits per heavy atom. The Balaban J connectivity index is 0.000000138. The van der Waals surface area contributed by atoms with Gasteiger partial charge >= 0.3 is 0 Å². The monoisotopic (exact) mass is 918 g/mol. The molecule has 0 spiro atoms. The molecule has 4 heterocycles. The highest BCUT2D eigenvalue weighted by molar-refractivity contribution is 7.99. The number of thioether (sulfide) groups is 2. The number of benzene rings is 6. The second kappa shape index (κ2) is 27.0. The minimum absolute atomic E-state index is 0.180. The number of hydrogen-bond donors (Lipinski definition) is 4. The number of hydrogen-bond acceptors (Lipinski definition) is 12. The Hall–Kier alpha value is -5.66. The van der Waals surface area contributed by atoms with Crippen LogP contribution in [0, 0.1) is 0 Å². The van der Waals surface area contributed by atoms with Crippen LogP contribution in [0.2, 0.25) is 0 Å². The SMILES string of the molecule is C[C@@H]1CCCN1CCOc1ccccc1.Oc1ccc([C@@H]2COc3ccc(O)cc3S2)cc1.Oc1ccc2c(c1)SCCO2.Oc1ccccc1.c1ccc(OCCN2CCCC2)cc1. The van der Waals surface area contributed by atoms with Crippen LogP contribution in [0.3, 0.4) is 0 Å². The summed E-state index contributed by atoms with van der Waals surface area (Å²) in [6.07, 6.45) is 5.38. The third-order valence-electron chi connectivity index (χ3n) is 10.8. The molecule has 0 aromatic heterocycles. The van der Waals surface area contributed by atoms with Crippen LogP contribution >= 0.6 is 23.5 Å². The minimum atomic E-state index is 0.180. The van der Waals surface area contributed by atoms with Gasteiger partial charge in [0.25, 0.3) is 0 Å². The first-order valence-electron chi connectivity index (χ1n) is 22.3. The molecule has 0 amide bonds. The van der Waals surface area contributed by atoms with E-state index in [1.807, 2.05) is 78.9 Å². The maximum atomic E-state index is 9.48. The summed E-state index contributed by atoms with van der Waals surface area (Å²) in [5, 5.41) is 36.7. The van der Waals surface area contributed by atoms with Crippen LogP contribution in [0.4, 0.5) is 0 Å². The fourth-order valence-electron chi connectivity index (χ4n) is 7.31. The standard InChI is InChI=1S/C14H12O3S.C13H19NO.C12H17NO.C8H8O2S.C6H6O/c15-10-3-1-9(2-4-10)14-8-17-12-6-5-11(16)7-13(12)18-14;1-12-6-5-9-14(12)10-11-15-13-7-3-2-4-8-13;1-2-6-12(7-3-1)14-11-10-13-8-4-5-9-13;9-6-1-2-7-8(5-6)11-4-3-10-7;7-6-4-2-1-3-5-6/h1-7,14-16H,8H2;2-4,7-8,12H,5-6,9-11H2,1H3;1-3,6-7H,4-5,8-11H2;1-2,5,9H,3-4H2;1-5,7H/t14-;12-;;;/m01.../s1. The molecule has 2 atom stereocenters. The van der Waals surface area contributed by atoms with Gasteiger partial charge in [-0.2, -0.15) is 0 Å². The van der Waals surface area contributed by atoms with Crippen molar-refractivity contribution in [1.29, 1.82) is 0 Å². The summed E-state index contributed by atoms with van der Waals surface area (Å²) in [6.45, 7) is 11.1. The van der Waals surface area contributed by atoms with E-state index in [0.29, 0.717) is 18.1 Å². The fraction of sp³-hybridized carbons (Fsp3) is 0.321. The summed E-state index contributed by atoms with van der Waals surface area (Å²) in [6, 6.07) is 47.0. The van der Waals surface area contributed by atoms with Gasteiger partial charge in [0.1, 0.15) is 65.8 Å². The van der Waals surface area contributed by atoms with Gasteiger partial charge in [0.2, 0.25) is 0 Å². The van der Waals surface area contributed by atoms with Crippen LogP contribution in [0.1, 0.15) is 43.4 Å². The Labute approximate surface area is 392 Å². The van der Waals surface area contributed by atoms with Crippen molar-refractivity contribution in [3.63, 3.8) is 0 Å². The molecule has 4 N–H and O–H groups in total. The Morgan fingerprint density at radius 3 is 1.68 bits per heavy atom. The lowest BCUT2D eigenvalue weighted by Gasteiger charge is -2.25. The number of fused-ring (bicyclic) bond motifs is 2. The summed E-state index contributed by atoms with van der Waals surface area (Å²) in [5.41, 5.74) is 1.10. The molecule has 10 rings (SSSR count). The van der Waals surface area contributed by atoms with Crippen molar-refractivity contribution in [2.75, 3.05) is 64.9 Å². The zero-order valence-electron chi connectivity index (χ0n) is 37.1. The van der Waals surface area contributed by atoms with E-state index in [-0.39, 0.29) is 16.7 Å². The smallest absolute Gasteiger partial charge is 0.133 e. The van der Waals surface area contributed by atoms with Crippen LogP contribution < -0.4 is 18.9 Å². The molecule has 4 aliphatic heterocycles. The molecule has 344 valence electrons. The molecule has 10 nitrogen and oxygen atoms in total. The molecule has 2 saturated heterocycles. The molecule has 65 heavy (non-hydrogen) atoms. The predicted molar refractivity (Wildman–Crippen MR) is 263 cm³/mol. The fourth-order valence-corrected chi connectivity index (χ4v) is 9.34. The predicted octanol–water partition coefficient (Wildman–Crippen LogP) is 11.3. The van der Waals surface area contributed by atoms with Crippen LogP contribution in [-0.2, 0) is 0 Å². The average molecular weight is 919 g/mol. The highest BCUT2D eigenvalue weighted by Gasteiger charge is 2.23. The van der Waals surface area contributed by atoms with E-state index in [0.717, 1.165) is 83.1 Å². The van der Waals surface area contributed by atoms with Crippen molar-refractivity contribution in [1.82, 2.24) is 9.80 Å². The minimum Gasteiger partial charge on any atom is -0.508 e. The topological polar surface area (TPSA) is 124 Å². The quantitative estimate of drug-likeness (QED) is 0.110. The molecule has 0 saturated carbocycles. The highest BCUT2D eigenvalue weighted by atomic mass is 32.2. The highest BCUT2D eigenvalue weighted by Crippen LogP contribution is 2.45. The van der Waals surface area contributed by atoms with Gasteiger partial charge in [0.15, 0.2) is 0 Å². The molecule has 12 heteroatoms. The number of phenols is 4. The van der Waals surface area contributed by atoms with Crippen LogP contribution in [0.25, 0.3) is 0 Å². The zero-order valence-corrected chi connectivity index (χ0v) is 38.8. The van der Waals surface area contributed by atoms with Crippen molar-refractivity contribution in [3.05, 3.63) is 157 Å². The molecule has 0 aliphatic carbocycles. The number of ether oxygens (including phenoxy) is 4. The molecule has 0 bridgehead atoms. The number of likely N-dealkylation sites (tertiary alicyclic amines) is 2. The van der Waals surface area contributed by atoms with Crippen LogP contribution in [0.5, 0.6) is 46.0 Å². The molecular formula is C53H62N2O8S2. The molecule has 0 unspecified atom stereocenters. The van der Waals surface area contributed by atoms with Gasteiger partial charge in [-0.05, 0) is 143 Å².